The maximum Gasteiger partial charge on any atom is 0.326 e. The van der Waals surface area contributed by atoms with Crippen molar-refractivity contribution in [2.24, 2.45) is 5.41 Å². The molecular weight excluding hydrogens is 268 g/mol. The molecule has 1 aliphatic rings. The van der Waals surface area contributed by atoms with Crippen molar-refractivity contribution in [2.75, 3.05) is 6.54 Å². The molecule has 5 nitrogen and oxygen atoms in total. The molecule has 1 fully saturated rings. The molecule has 0 bridgehead atoms. The fourth-order valence-corrected chi connectivity index (χ4v) is 3.34. The second kappa shape index (κ2) is 6.67. The molecule has 21 heavy (non-hydrogen) atoms. The van der Waals surface area contributed by atoms with E-state index in [0.29, 0.717) is 13.0 Å². The van der Waals surface area contributed by atoms with E-state index in [1.165, 1.54) is 4.90 Å². The summed E-state index contributed by atoms with van der Waals surface area (Å²) in [6.45, 7) is 10.9. The van der Waals surface area contributed by atoms with Crippen LogP contribution >= 0.6 is 0 Å². The molecule has 2 N–H and O–H groups in total. The minimum atomic E-state index is -0.902. The number of carbonyl (C=O) groups is 2. The van der Waals surface area contributed by atoms with Gasteiger partial charge in [0.25, 0.3) is 0 Å². The van der Waals surface area contributed by atoms with Gasteiger partial charge >= 0.3 is 12.0 Å². The van der Waals surface area contributed by atoms with Gasteiger partial charge in [0.05, 0.1) is 0 Å². The van der Waals surface area contributed by atoms with Crippen molar-refractivity contribution in [3.8, 4) is 0 Å². The van der Waals surface area contributed by atoms with Crippen LogP contribution in [0.15, 0.2) is 0 Å². The summed E-state index contributed by atoms with van der Waals surface area (Å²) in [5.41, 5.74) is -0.257. The molecule has 1 rings (SSSR count). The highest BCUT2D eigenvalue weighted by atomic mass is 16.4. The van der Waals surface area contributed by atoms with E-state index in [0.717, 1.165) is 25.7 Å². The third kappa shape index (κ3) is 5.94. The number of hydrogen-bond donors (Lipinski definition) is 2. The number of hydrogen-bond acceptors (Lipinski definition) is 2. The van der Waals surface area contributed by atoms with Gasteiger partial charge in [-0.25, -0.2) is 9.59 Å². The highest BCUT2D eigenvalue weighted by Gasteiger charge is 2.34. The van der Waals surface area contributed by atoms with Gasteiger partial charge in [-0.1, -0.05) is 33.6 Å². The zero-order valence-corrected chi connectivity index (χ0v) is 14.0. The lowest BCUT2D eigenvalue weighted by Gasteiger charge is -2.36. The van der Waals surface area contributed by atoms with Crippen molar-refractivity contribution in [1.29, 1.82) is 0 Å². The first-order valence-corrected chi connectivity index (χ1v) is 7.83. The van der Waals surface area contributed by atoms with E-state index < -0.39 is 12.0 Å². The molecule has 1 heterocycles. The van der Waals surface area contributed by atoms with Crippen molar-refractivity contribution < 1.29 is 14.7 Å². The predicted octanol–water partition coefficient (Wildman–Crippen LogP) is 3.24. The first kappa shape index (κ1) is 17.8. The van der Waals surface area contributed by atoms with Crippen LogP contribution in [0.25, 0.3) is 0 Å². The van der Waals surface area contributed by atoms with Gasteiger partial charge in [0.15, 0.2) is 0 Å². The number of carboxylic acid groups (broad SMARTS) is 1. The lowest BCUT2D eigenvalue weighted by atomic mass is 9.82. The molecule has 0 aromatic heterocycles. The molecule has 2 amide bonds. The van der Waals surface area contributed by atoms with E-state index in [2.05, 4.69) is 26.1 Å². The second-order valence-electron chi connectivity index (χ2n) is 7.95. The van der Waals surface area contributed by atoms with Crippen LogP contribution < -0.4 is 5.32 Å². The number of urea groups is 1. The number of carbonyl (C=O) groups excluding carboxylic acids is 1. The molecule has 1 atom stereocenters. The van der Waals surface area contributed by atoms with Crippen LogP contribution in [0.5, 0.6) is 0 Å². The number of nitrogens with zero attached hydrogens (tertiary/aromatic N) is 1. The Morgan fingerprint density at radius 3 is 2.29 bits per heavy atom. The van der Waals surface area contributed by atoms with Gasteiger partial charge in [0.1, 0.15) is 6.04 Å². The minimum absolute atomic E-state index is 0.0990. The second-order valence-corrected chi connectivity index (χ2v) is 7.95. The molecule has 0 aromatic carbocycles. The molecule has 1 unspecified atom stereocenters. The first-order valence-electron chi connectivity index (χ1n) is 7.83. The van der Waals surface area contributed by atoms with Crippen LogP contribution in [0.4, 0.5) is 4.79 Å². The molecule has 1 saturated heterocycles. The van der Waals surface area contributed by atoms with E-state index in [9.17, 15) is 14.7 Å². The van der Waals surface area contributed by atoms with Crippen LogP contribution in [0.2, 0.25) is 0 Å². The number of carboxylic acids is 1. The number of rotatable bonds is 3. The number of nitrogens with one attached hydrogen (secondary N) is 1. The fourth-order valence-electron chi connectivity index (χ4n) is 3.34. The van der Waals surface area contributed by atoms with Crippen molar-refractivity contribution in [1.82, 2.24) is 10.2 Å². The van der Waals surface area contributed by atoms with E-state index in [-0.39, 0.29) is 17.0 Å². The third-order valence-corrected chi connectivity index (χ3v) is 3.72. The van der Waals surface area contributed by atoms with Crippen LogP contribution in [0.3, 0.4) is 0 Å². The summed E-state index contributed by atoms with van der Waals surface area (Å²) < 4.78 is 0. The number of likely N-dealkylation sites (tertiary alicyclic amines) is 1. The standard InChI is InChI=1S/C16H30N2O3/c1-15(2,3)11-16(4,5)17-14(21)18-10-8-6-7-9-12(18)13(19)20/h12H,6-11H2,1-5H3,(H,17,21)(H,19,20). The van der Waals surface area contributed by atoms with E-state index in [1.54, 1.807) is 0 Å². The molecule has 0 aliphatic carbocycles. The Hall–Kier alpha value is -1.26. The Morgan fingerprint density at radius 2 is 1.76 bits per heavy atom. The summed E-state index contributed by atoms with van der Waals surface area (Å²) >= 11 is 0. The zero-order valence-electron chi connectivity index (χ0n) is 14.0. The smallest absolute Gasteiger partial charge is 0.326 e. The highest BCUT2D eigenvalue weighted by molar-refractivity contribution is 5.83. The number of amides is 2. The quantitative estimate of drug-likeness (QED) is 0.840. The van der Waals surface area contributed by atoms with Crippen molar-refractivity contribution >= 4 is 12.0 Å². The van der Waals surface area contributed by atoms with Crippen LogP contribution in [-0.4, -0.2) is 40.1 Å². The summed E-state index contributed by atoms with van der Waals surface area (Å²) in [6.07, 6.45) is 4.10. The van der Waals surface area contributed by atoms with Crippen molar-refractivity contribution in [2.45, 2.75) is 78.3 Å². The van der Waals surface area contributed by atoms with Crippen LogP contribution in [0.1, 0.15) is 66.7 Å². The monoisotopic (exact) mass is 298 g/mol. The van der Waals surface area contributed by atoms with E-state index in [1.807, 2.05) is 13.8 Å². The van der Waals surface area contributed by atoms with E-state index in [4.69, 9.17) is 0 Å². The average Bonchev–Trinajstić information content (AvgIpc) is 2.49. The topological polar surface area (TPSA) is 69.6 Å². The molecule has 5 heteroatoms. The molecule has 0 radical (unpaired) electrons. The fraction of sp³-hybridized carbons (Fsp3) is 0.875. The molecule has 122 valence electrons. The van der Waals surface area contributed by atoms with Gasteiger partial charge < -0.3 is 15.3 Å². The largest absolute Gasteiger partial charge is 0.480 e. The maximum absolute atomic E-state index is 12.5. The Bertz CT molecular complexity index is 385. The summed E-state index contributed by atoms with van der Waals surface area (Å²) in [5, 5.41) is 12.4. The average molecular weight is 298 g/mol. The summed E-state index contributed by atoms with van der Waals surface area (Å²) in [7, 11) is 0. The van der Waals surface area contributed by atoms with Gasteiger partial charge in [-0.15, -0.1) is 0 Å². The Morgan fingerprint density at radius 1 is 1.14 bits per heavy atom. The Labute approximate surface area is 128 Å². The van der Waals surface area contributed by atoms with Crippen molar-refractivity contribution in [3.63, 3.8) is 0 Å². The van der Waals surface area contributed by atoms with E-state index >= 15 is 0 Å². The van der Waals surface area contributed by atoms with Crippen LogP contribution in [-0.2, 0) is 4.79 Å². The molecule has 1 aliphatic heterocycles. The summed E-state index contributed by atoms with van der Waals surface area (Å²) in [6, 6.07) is -0.948. The van der Waals surface area contributed by atoms with Gasteiger partial charge in [-0.3, -0.25) is 0 Å². The maximum atomic E-state index is 12.5. The molecule has 0 saturated carbocycles. The first-order chi connectivity index (χ1) is 9.52. The van der Waals surface area contributed by atoms with Gasteiger partial charge in [0.2, 0.25) is 0 Å². The molecular formula is C16H30N2O3. The minimum Gasteiger partial charge on any atom is -0.480 e. The third-order valence-electron chi connectivity index (χ3n) is 3.72. The Balaban J connectivity index is 2.77. The zero-order chi connectivity index (χ0) is 16.3. The summed E-state index contributed by atoms with van der Waals surface area (Å²) in [4.78, 5) is 25.4. The van der Waals surface area contributed by atoms with Gasteiger partial charge in [-0.05, 0) is 38.5 Å². The SMILES string of the molecule is CC(C)(C)CC(C)(C)NC(=O)N1CCCCCC1C(=O)O. The lowest BCUT2D eigenvalue weighted by molar-refractivity contribution is -0.142. The van der Waals surface area contributed by atoms with Gasteiger partial charge in [0, 0.05) is 12.1 Å². The summed E-state index contributed by atoms with van der Waals surface area (Å²) in [5.74, 6) is -0.902. The van der Waals surface area contributed by atoms with Crippen LogP contribution in [0, 0.1) is 5.41 Å². The van der Waals surface area contributed by atoms with Gasteiger partial charge in [-0.2, -0.15) is 0 Å². The normalized spacial score (nSPS) is 20.8. The Kier molecular flexibility index (Phi) is 5.65. The highest BCUT2D eigenvalue weighted by Crippen LogP contribution is 2.27. The molecule has 0 aromatic rings. The predicted molar refractivity (Wildman–Crippen MR) is 83.3 cm³/mol. The molecule has 0 spiro atoms. The number of aliphatic carboxylic acids is 1. The van der Waals surface area contributed by atoms with Crippen molar-refractivity contribution in [3.05, 3.63) is 0 Å². The lowest BCUT2D eigenvalue weighted by Crippen LogP contribution is -2.55.